The van der Waals surface area contributed by atoms with Crippen molar-refractivity contribution < 1.29 is 19.3 Å². The molecule has 0 radical (unpaired) electrons. The van der Waals surface area contributed by atoms with Gasteiger partial charge in [-0.1, -0.05) is 39.5 Å². The van der Waals surface area contributed by atoms with E-state index in [2.05, 4.69) is 13.8 Å². The molecule has 1 fully saturated rings. The lowest BCUT2D eigenvalue weighted by atomic mass is 10.1. The van der Waals surface area contributed by atoms with E-state index in [-0.39, 0.29) is 12.2 Å². The summed E-state index contributed by atoms with van der Waals surface area (Å²) in [5, 5.41) is 9.61. The van der Waals surface area contributed by atoms with E-state index in [0.717, 1.165) is 32.5 Å². The minimum absolute atomic E-state index is 0.0708. The summed E-state index contributed by atoms with van der Waals surface area (Å²) in [4.78, 5) is 0. The van der Waals surface area contributed by atoms with Gasteiger partial charge in [-0.3, -0.25) is 0 Å². The van der Waals surface area contributed by atoms with Gasteiger partial charge in [-0.15, -0.1) is 0 Å². The van der Waals surface area contributed by atoms with Crippen molar-refractivity contribution in [2.24, 2.45) is 0 Å². The van der Waals surface area contributed by atoms with E-state index in [1.54, 1.807) is 0 Å². The zero-order valence-electron chi connectivity index (χ0n) is 13.2. The van der Waals surface area contributed by atoms with E-state index in [4.69, 9.17) is 14.2 Å². The molecule has 3 atom stereocenters. The molecule has 0 spiro atoms. The van der Waals surface area contributed by atoms with Gasteiger partial charge in [-0.2, -0.15) is 0 Å². The van der Waals surface area contributed by atoms with E-state index in [1.165, 1.54) is 25.7 Å². The molecule has 0 aromatic rings. The van der Waals surface area contributed by atoms with Gasteiger partial charge in [0.05, 0.1) is 12.7 Å². The molecule has 1 rings (SSSR count). The Morgan fingerprint density at radius 3 is 2.40 bits per heavy atom. The summed E-state index contributed by atoms with van der Waals surface area (Å²) < 4.78 is 17.1. The predicted molar refractivity (Wildman–Crippen MR) is 79.7 cm³/mol. The first-order valence-electron chi connectivity index (χ1n) is 8.30. The molecule has 1 aliphatic heterocycles. The third-order valence-corrected chi connectivity index (χ3v) is 3.70. The van der Waals surface area contributed by atoms with E-state index < -0.39 is 6.29 Å². The number of hydrogen-bond donors (Lipinski definition) is 1. The lowest BCUT2D eigenvalue weighted by Gasteiger charge is -2.34. The Hall–Kier alpha value is -0.160. The van der Waals surface area contributed by atoms with Crippen molar-refractivity contribution in [2.45, 2.75) is 83.7 Å². The second-order valence-corrected chi connectivity index (χ2v) is 5.60. The Kier molecular flexibility index (Phi) is 10.3. The molecule has 120 valence electrons. The van der Waals surface area contributed by atoms with Crippen molar-refractivity contribution in [1.29, 1.82) is 0 Å². The van der Waals surface area contributed by atoms with Crippen molar-refractivity contribution in [3.05, 3.63) is 0 Å². The number of aliphatic hydroxyl groups is 1. The monoisotopic (exact) mass is 288 g/mol. The zero-order chi connectivity index (χ0) is 14.6. The minimum atomic E-state index is -0.658. The molecule has 0 aliphatic carbocycles. The van der Waals surface area contributed by atoms with Gasteiger partial charge in [0, 0.05) is 19.6 Å². The normalized spacial score (nSPS) is 26.9. The summed E-state index contributed by atoms with van der Waals surface area (Å²) in [6.07, 6.45) is 7.80. The second kappa shape index (κ2) is 11.5. The summed E-state index contributed by atoms with van der Waals surface area (Å²) in [5.74, 6) is 0. The van der Waals surface area contributed by atoms with Crippen molar-refractivity contribution in [1.82, 2.24) is 0 Å². The van der Waals surface area contributed by atoms with Gasteiger partial charge < -0.3 is 19.3 Å². The Morgan fingerprint density at radius 2 is 1.70 bits per heavy atom. The van der Waals surface area contributed by atoms with Crippen LogP contribution in [0.2, 0.25) is 0 Å². The largest absolute Gasteiger partial charge is 0.379 e. The molecule has 1 heterocycles. The minimum Gasteiger partial charge on any atom is -0.379 e. The first-order valence-corrected chi connectivity index (χ1v) is 8.30. The number of hydrogen-bond acceptors (Lipinski definition) is 4. The van der Waals surface area contributed by atoms with Gasteiger partial charge in [-0.05, 0) is 19.3 Å². The Balaban J connectivity index is 2.21. The van der Waals surface area contributed by atoms with Crippen LogP contribution in [0.15, 0.2) is 0 Å². The fourth-order valence-electron chi connectivity index (χ4n) is 2.43. The number of ether oxygens (including phenoxy) is 3. The molecule has 1 saturated heterocycles. The molecule has 1 aliphatic rings. The molecule has 3 unspecified atom stereocenters. The highest BCUT2D eigenvalue weighted by Crippen LogP contribution is 2.22. The first kappa shape index (κ1) is 17.9. The summed E-state index contributed by atoms with van der Waals surface area (Å²) in [7, 11) is 0. The van der Waals surface area contributed by atoms with Crippen LogP contribution in [0.25, 0.3) is 0 Å². The highest BCUT2D eigenvalue weighted by molar-refractivity contribution is 4.76. The van der Waals surface area contributed by atoms with Crippen LogP contribution in [0.3, 0.4) is 0 Å². The van der Waals surface area contributed by atoms with Crippen molar-refractivity contribution >= 4 is 0 Å². The zero-order valence-corrected chi connectivity index (χ0v) is 13.2. The van der Waals surface area contributed by atoms with Crippen molar-refractivity contribution in [2.75, 3.05) is 19.8 Å². The lowest BCUT2D eigenvalue weighted by Crippen LogP contribution is -2.43. The number of rotatable bonds is 11. The summed E-state index contributed by atoms with van der Waals surface area (Å²) in [6.45, 7) is 6.45. The maximum absolute atomic E-state index is 9.61. The van der Waals surface area contributed by atoms with Gasteiger partial charge in [0.1, 0.15) is 6.10 Å². The topological polar surface area (TPSA) is 47.9 Å². The fraction of sp³-hybridized carbons (Fsp3) is 1.00. The van der Waals surface area contributed by atoms with Crippen LogP contribution in [0.5, 0.6) is 0 Å². The summed E-state index contributed by atoms with van der Waals surface area (Å²) in [6, 6.07) is 0. The van der Waals surface area contributed by atoms with Crippen LogP contribution in [0, 0.1) is 0 Å². The quantitative estimate of drug-likeness (QED) is 0.593. The SMILES string of the molecule is CCCCCOCC1OC(O)CCC1OCCCCC. The van der Waals surface area contributed by atoms with Crippen LogP contribution in [0.4, 0.5) is 0 Å². The summed E-state index contributed by atoms with van der Waals surface area (Å²) >= 11 is 0. The van der Waals surface area contributed by atoms with Crippen molar-refractivity contribution in [3.8, 4) is 0 Å². The predicted octanol–water partition coefficient (Wildman–Crippen LogP) is 3.27. The van der Waals surface area contributed by atoms with Gasteiger partial charge in [0.2, 0.25) is 0 Å². The van der Waals surface area contributed by atoms with Crippen LogP contribution in [0.1, 0.15) is 65.2 Å². The van der Waals surface area contributed by atoms with Gasteiger partial charge >= 0.3 is 0 Å². The van der Waals surface area contributed by atoms with Gasteiger partial charge in [-0.25, -0.2) is 0 Å². The lowest BCUT2D eigenvalue weighted by molar-refractivity contribution is -0.222. The highest BCUT2D eigenvalue weighted by atomic mass is 16.6. The molecule has 1 N–H and O–H groups in total. The van der Waals surface area contributed by atoms with Crippen molar-refractivity contribution in [3.63, 3.8) is 0 Å². The Bertz CT molecular complexity index is 223. The average Bonchev–Trinajstić information content (AvgIpc) is 2.45. The van der Waals surface area contributed by atoms with Gasteiger partial charge in [0.15, 0.2) is 6.29 Å². The van der Waals surface area contributed by atoms with Crippen LogP contribution < -0.4 is 0 Å². The van der Waals surface area contributed by atoms with Crippen LogP contribution >= 0.6 is 0 Å². The molecule has 0 bridgehead atoms. The smallest absolute Gasteiger partial charge is 0.155 e. The first-order chi connectivity index (χ1) is 9.77. The van der Waals surface area contributed by atoms with E-state index in [1.807, 2.05) is 0 Å². The third kappa shape index (κ3) is 7.58. The van der Waals surface area contributed by atoms with E-state index in [0.29, 0.717) is 13.0 Å². The maximum Gasteiger partial charge on any atom is 0.155 e. The maximum atomic E-state index is 9.61. The van der Waals surface area contributed by atoms with Crippen LogP contribution in [-0.4, -0.2) is 43.4 Å². The molecule has 0 saturated carbocycles. The molecular weight excluding hydrogens is 256 g/mol. The molecule has 20 heavy (non-hydrogen) atoms. The highest BCUT2D eigenvalue weighted by Gasteiger charge is 2.31. The van der Waals surface area contributed by atoms with Crippen LogP contribution in [-0.2, 0) is 14.2 Å². The summed E-state index contributed by atoms with van der Waals surface area (Å²) in [5.41, 5.74) is 0. The van der Waals surface area contributed by atoms with Gasteiger partial charge in [0.25, 0.3) is 0 Å². The molecule has 4 nitrogen and oxygen atoms in total. The van der Waals surface area contributed by atoms with E-state index in [9.17, 15) is 5.11 Å². The molecule has 0 aromatic heterocycles. The molecule has 0 aromatic carbocycles. The number of unbranched alkanes of at least 4 members (excludes halogenated alkanes) is 4. The standard InChI is InChI=1S/C16H32O4/c1-3-5-7-11-18-13-15-14(9-10-16(17)20-15)19-12-8-6-4-2/h14-17H,3-13H2,1-2H3. The molecule has 0 amide bonds. The average molecular weight is 288 g/mol. The second-order valence-electron chi connectivity index (χ2n) is 5.60. The molecular formula is C16H32O4. The fourth-order valence-corrected chi connectivity index (χ4v) is 2.43. The third-order valence-electron chi connectivity index (χ3n) is 3.70. The van der Waals surface area contributed by atoms with E-state index >= 15 is 0 Å². The number of aliphatic hydroxyl groups excluding tert-OH is 1. The Morgan fingerprint density at radius 1 is 1.00 bits per heavy atom. The molecule has 4 heteroatoms. The Labute approximate surface area is 123 Å².